The fraction of sp³-hybridized carbons (Fsp3) is 0.500. The summed E-state index contributed by atoms with van der Waals surface area (Å²) >= 11 is 0. The van der Waals surface area contributed by atoms with Gasteiger partial charge in [-0.05, 0) is 13.0 Å². The number of H-pyrrole nitrogens is 1. The first-order valence-corrected chi connectivity index (χ1v) is 5.66. The number of fused-ring (bicyclic) bond motifs is 1. The maximum Gasteiger partial charge on any atom is 0.279 e. The Bertz CT molecular complexity index is 554. The van der Waals surface area contributed by atoms with E-state index in [1.807, 2.05) is 0 Å². The number of alkyl halides is 2. The van der Waals surface area contributed by atoms with Gasteiger partial charge in [0.1, 0.15) is 12.1 Å². The summed E-state index contributed by atoms with van der Waals surface area (Å²) in [6.45, 7) is 0.247. The number of rotatable bonds is 2. The molecule has 1 atom stereocenters. The van der Waals surface area contributed by atoms with Crippen LogP contribution in [0, 0.1) is 0 Å². The van der Waals surface area contributed by atoms with Crippen LogP contribution >= 0.6 is 0 Å². The second-order valence-corrected chi connectivity index (χ2v) is 4.28. The topological polar surface area (TPSA) is 78.5 Å². The van der Waals surface area contributed by atoms with E-state index in [1.54, 1.807) is 0 Å². The molecule has 0 aliphatic carbocycles. The van der Waals surface area contributed by atoms with Gasteiger partial charge in [-0.3, -0.25) is 5.10 Å². The summed E-state index contributed by atoms with van der Waals surface area (Å²) in [7, 11) is 0. The Morgan fingerprint density at radius 2 is 2.28 bits per heavy atom. The zero-order valence-electron chi connectivity index (χ0n) is 9.45. The number of aromatic nitrogens is 4. The van der Waals surface area contributed by atoms with Crippen LogP contribution in [0.15, 0.2) is 12.5 Å². The average molecular weight is 254 g/mol. The lowest BCUT2D eigenvalue weighted by atomic mass is 10.0. The quantitative estimate of drug-likeness (QED) is 0.737. The lowest BCUT2D eigenvalue weighted by Crippen LogP contribution is -2.52. The van der Waals surface area contributed by atoms with Crippen molar-refractivity contribution in [2.75, 3.05) is 18.4 Å². The fourth-order valence-electron chi connectivity index (χ4n) is 2.06. The van der Waals surface area contributed by atoms with Crippen LogP contribution in [0.25, 0.3) is 11.0 Å². The molecule has 0 radical (unpaired) electrons. The number of piperidine rings is 1. The van der Waals surface area contributed by atoms with E-state index in [9.17, 15) is 8.78 Å². The van der Waals surface area contributed by atoms with Crippen LogP contribution in [0.5, 0.6) is 0 Å². The molecule has 2 aromatic heterocycles. The number of hydrogen-bond donors (Lipinski definition) is 3. The van der Waals surface area contributed by atoms with Crippen molar-refractivity contribution >= 4 is 16.9 Å². The van der Waals surface area contributed by atoms with Crippen LogP contribution in [-0.4, -0.2) is 45.2 Å². The molecule has 0 bridgehead atoms. The second-order valence-electron chi connectivity index (χ2n) is 4.28. The van der Waals surface area contributed by atoms with Crippen molar-refractivity contribution in [2.24, 2.45) is 0 Å². The molecule has 3 heterocycles. The molecule has 1 aliphatic heterocycles. The summed E-state index contributed by atoms with van der Waals surface area (Å²) in [4.78, 5) is 7.97. The number of nitrogens with zero attached hydrogens (tertiary/aromatic N) is 3. The van der Waals surface area contributed by atoms with Crippen molar-refractivity contribution in [2.45, 2.75) is 18.4 Å². The molecule has 3 rings (SSSR count). The molecule has 0 unspecified atom stereocenters. The van der Waals surface area contributed by atoms with Crippen molar-refractivity contribution in [3.05, 3.63) is 12.5 Å². The molecular weight excluding hydrogens is 242 g/mol. The average Bonchev–Trinajstić information content (AvgIpc) is 2.81. The van der Waals surface area contributed by atoms with Crippen molar-refractivity contribution in [3.8, 4) is 0 Å². The van der Waals surface area contributed by atoms with Crippen LogP contribution in [0.4, 0.5) is 14.6 Å². The van der Waals surface area contributed by atoms with Gasteiger partial charge in [0.15, 0.2) is 5.65 Å². The van der Waals surface area contributed by atoms with E-state index < -0.39 is 12.0 Å². The zero-order valence-corrected chi connectivity index (χ0v) is 9.45. The summed E-state index contributed by atoms with van der Waals surface area (Å²) in [5, 5.41) is 12.6. The lowest BCUT2D eigenvalue weighted by Gasteiger charge is -2.32. The third-order valence-corrected chi connectivity index (χ3v) is 3.04. The molecule has 0 spiro atoms. The van der Waals surface area contributed by atoms with Crippen LogP contribution in [-0.2, 0) is 0 Å². The first-order chi connectivity index (χ1) is 8.67. The summed E-state index contributed by atoms with van der Waals surface area (Å²) in [6.07, 6.45) is 3.19. The minimum Gasteiger partial charge on any atom is -0.360 e. The predicted molar refractivity (Wildman–Crippen MR) is 61.5 cm³/mol. The molecular formula is C10H12F2N6. The third-order valence-electron chi connectivity index (χ3n) is 3.04. The smallest absolute Gasteiger partial charge is 0.279 e. The highest BCUT2D eigenvalue weighted by Crippen LogP contribution is 2.27. The Morgan fingerprint density at radius 3 is 3.11 bits per heavy atom. The Balaban J connectivity index is 1.89. The zero-order chi connectivity index (χ0) is 12.6. The Morgan fingerprint density at radius 1 is 1.39 bits per heavy atom. The van der Waals surface area contributed by atoms with Gasteiger partial charge in [0, 0.05) is 0 Å². The highest BCUT2D eigenvalue weighted by atomic mass is 19.3. The number of anilines is 1. The fourth-order valence-corrected chi connectivity index (χ4v) is 2.06. The number of nitrogens with one attached hydrogen (secondary N) is 3. The minimum atomic E-state index is -2.79. The second kappa shape index (κ2) is 4.13. The van der Waals surface area contributed by atoms with Crippen molar-refractivity contribution in [1.29, 1.82) is 0 Å². The third kappa shape index (κ3) is 1.88. The van der Waals surface area contributed by atoms with Gasteiger partial charge in [-0.15, -0.1) is 0 Å². The lowest BCUT2D eigenvalue weighted by molar-refractivity contribution is -0.0322. The first-order valence-electron chi connectivity index (χ1n) is 5.66. The van der Waals surface area contributed by atoms with Gasteiger partial charge in [0.25, 0.3) is 5.92 Å². The van der Waals surface area contributed by atoms with Crippen LogP contribution in [0.1, 0.15) is 6.42 Å². The van der Waals surface area contributed by atoms with Crippen LogP contribution in [0.3, 0.4) is 0 Å². The van der Waals surface area contributed by atoms with Crippen molar-refractivity contribution in [3.63, 3.8) is 0 Å². The Kier molecular flexibility index (Phi) is 2.58. The van der Waals surface area contributed by atoms with E-state index in [0.717, 1.165) is 0 Å². The van der Waals surface area contributed by atoms with E-state index in [4.69, 9.17) is 0 Å². The molecule has 0 aromatic carbocycles. The van der Waals surface area contributed by atoms with Gasteiger partial charge in [0.05, 0.1) is 24.2 Å². The highest BCUT2D eigenvalue weighted by molar-refractivity contribution is 5.85. The van der Waals surface area contributed by atoms with Gasteiger partial charge in [0.2, 0.25) is 0 Å². The molecule has 96 valence electrons. The molecule has 1 aliphatic rings. The van der Waals surface area contributed by atoms with E-state index in [0.29, 0.717) is 29.8 Å². The molecule has 1 saturated heterocycles. The van der Waals surface area contributed by atoms with Crippen molar-refractivity contribution in [1.82, 2.24) is 25.5 Å². The normalized spacial score (nSPS) is 23.1. The Labute approximate surface area is 101 Å². The van der Waals surface area contributed by atoms with Crippen LogP contribution in [0.2, 0.25) is 0 Å². The molecule has 2 aromatic rings. The molecule has 8 heteroatoms. The van der Waals surface area contributed by atoms with E-state index in [-0.39, 0.29) is 6.54 Å². The number of aromatic amines is 1. The number of halogens is 2. The summed E-state index contributed by atoms with van der Waals surface area (Å²) in [5.41, 5.74) is 0.532. The van der Waals surface area contributed by atoms with Gasteiger partial charge in [-0.2, -0.15) is 5.10 Å². The van der Waals surface area contributed by atoms with E-state index in [1.165, 1.54) is 12.5 Å². The molecule has 3 N–H and O–H groups in total. The monoisotopic (exact) mass is 254 g/mol. The van der Waals surface area contributed by atoms with Crippen molar-refractivity contribution < 1.29 is 8.78 Å². The maximum atomic E-state index is 13.7. The van der Waals surface area contributed by atoms with Crippen LogP contribution < -0.4 is 10.6 Å². The number of hydrogen-bond acceptors (Lipinski definition) is 5. The summed E-state index contributed by atoms with van der Waals surface area (Å²) < 4.78 is 27.4. The minimum absolute atomic E-state index is 0.315. The molecule has 6 nitrogen and oxygen atoms in total. The highest BCUT2D eigenvalue weighted by Gasteiger charge is 2.41. The maximum absolute atomic E-state index is 13.7. The largest absolute Gasteiger partial charge is 0.360 e. The van der Waals surface area contributed by atoms with E-state index in [2.05, 4.69) is 30.8 Å². The predicted octanol–water partition coefficient (Wildman–Crippen LogP) is 0.762. The van der Waals surface area contributed by atoms with Gasteiger partial charge in [-0.25, -0.2) is 18.7 Å². The SMILES string of the molecule is FC1(F)CNCC[C@@H]1Nc1ncnc2[nH]ncc12. The summed E-state index contributed by atoms with van der Waals surface area (Å²) in [5.74, 6) is -2.40. The standard InChI is InChI=1S/C10H12F2N6/c11-10(12)4-13-2-1-7(10)17-8-6-3-16-18-9(6)15-5-14-8/h3,5,7,13H,1-2,4H2,(H2,14,15,16,17,18)/t7-/m0/s1. The Hall–Kier alpha value is -1.83. The van der Waals surface area contributed by atoms with Gasteiger partial charge >= 0.3 is 0 Å². The van der Waals surface area contributed by atoms with Gasteiger partial charge in [-0.1, -0.05) is 0 Å². The first kappa shape index (κ1) is 11.3. The molecule has 0 saturated carbocycles. The summed E-state index contributed by atoms with van der Waals surface area (Å²) in [6, 6.07) is -0.924. The molecule has 1 fully saturated rings. The van der Waals surface area contributed by atoms with E-state index >= 15 is 0 Å². The molecule has 0 amide bonds. The van der Waals surface area contributed by atoms with Gasteiger partial charge < -0.3 is 10.6 Å². The molecule has 18 heavy (non-hydrogen) atoms.